The minimum absolute atomic E-state index is 0.212. The molecule has 1 aliphatic carbocycles. The second kappa shape index (κ2) is 5.50. The molecule has 0 aromatic heterocycles. The van der Waals surface area contributed by atoms with Gasteiger partial charge in [0.15, 0.2) is 0 Å². The normalized spacial score (nSPS) is 25.7. The van der Waals surface area contributed by atoms with Crippen LogP contribution in [0.1, 0.15) is 40.0 Å². The van der Waals surface area contributed by atoms with Crippen molar-refractivity contribution in [3.8, 4) is 0 Å². The maximum absolute atomic E-state index is 10.7. The molecule has 1 aliphatic rings. The topological polar surface area (TPSA) is 40.5 Å². The summed E-state index contributed by atoms with van der Waals surface area (Å²) in [5.41, 5.74) is 0. The average Bonchev–Trinajstić information content (AvgIpc) is 1.99. The molecule has 0 aromatic carbocycles. The van der Waals surface area contributed by atoms with Gasteiger partial charge in [-0.1, -0.05) is 20.8 Å². The van der Waals surface area contributed by atoms with E-state index in [9.17, 15) is 4.79 Å². The van der Waals surface area contributed by atoms with Crippen molar-refractivity contribution in [3.63, 3.8) is 0 Å². The molecule has 1 fully saturated rings. The fourth-order valence-corrected chi connectivity index (χ4v) is 2.32. The number of hydrogen-bond acceptors (Lipinski definition) is 2. The van der Waals surface area contributed by atoms with E-state index in [4.69, 9.17) is 5.11 Å². The smallest absolute Gasteiger partial charge is 0.317 e. The van der Waals surface area contributed by atoms with E-state index in [0.717, 1.165) is 24.8 Å². The van der Waals surface area contributed by atoms with Crippen LogP contribution in [0.25, 0.3) is 0 Å². The maximum atomic E-state index is 10.7. The molecule has 0 aliphatic heterocycles. The van der Waals surface area contributed by atoms with E-state index in [1.54, 1.807) is 0 Å². The highest BCUT2D eigenvalue weighted by Gasteiger charge is 2.35. The summed E-state index contributed by atoms with van der Waals surface area (Å²) in [7, 11) is 0. The molecule has 0 radical (unpaired) electrons. The van der Waals surface area contributed by atoms with Crippen LogP contribution in [0.3, 0.4) is 0 Å². The third kappa shape index (κ3) is 3.49. The maximum Gasteiger partial charge on any atom is 0.317 e. The predicted molar refractivity (Wildman–Crippen MR) is 60.8 cm³/mol. The highest BCUT2D eigenvalue weighted by Crippen LogP contribution is 2.36. The average molecular weight is 213 g/mol. The zero-order valence-electron chi connectivity index (χ0n) is 10.1. The lowest BCUT2D eigenvalue weighted by molar-refractivity contribution is -0.139. The van der Waals surface area contributed by atoms with Gasteiger partial charge in [-0.15, -0.1) is 0 Å². The van der Waals surface area contributed by atoms with Crippen molar-refractivity contribution in [2.45, 2.75) is 46.1 Å². The first kappa shape index (κ1) is 12.5. The number of aliphatic carboxylic acids is 1. The second-order valence-corrected chi connectivity index (χ2v) is 4.99. The summed E-state index contributed by atoms with van der Waals surface area (Å²) in [5, 5.41) is 8.81. The van der Waals surface area contributed by atoms with Crippen LogP contribution >= 0.6 is 0 Å². The monoisotopic (exact) mass is 213 g/mol. The van der Waals surface area contributed by atoms with Crippen LogP contribution in [-0.2, 0) is 4.79 Å². The van der Waals surface area contributed by atoms with E-state index in [1.807, 2.05) is 0 Å². The molecule has 0 bridgehead atoms. The van der Waals surface area contributed by atoms with E-state index in [0.29, 0.717) is 6.04 Å². The van der Waals surface area contributed by atoms with Crippen molar-refractivity contribution in [3.05, 3.63) is 0 Å². The molecule has 0 heterocycles. The molecule has 1 rings (SSSR count). The summed E-state index contributed by atoms with van der Waals surface area (Å²) in [4.78, 5) is 12.8. The van der Waals surface area contributed by atoms with Crippen molar-refractivity contribution in [1.82, 2.24) is 4.90 Å². The Bertz CT molecular complexity index is 210. The number of carboxylic acid groups (broad SMARTS) is 1. The molecule has 15 heavy (non-hydrogen) atoms. The Kier molecular flexibility index (Phi) is 4.58. The highest BCUT2D eigenvalue weighted by molar-refractivity contribution is 5.69. The lowest BCUT2D eigenvalue weighted by Crippen LogP contribution is -2.48. The number of nitrogens with zero attached hydrogens (tertiary/aromatic N) is 1. The van der Waals surface area contributed by atoms with Crippen LogP contribution in [0.5, 0.6) is 0 Å². The predicted octanol–water partition coefficient (Wildman–Crippen LogP) is 2.22. The van der Waals surface area contributed by atoms with E-state index in [1.165, 1.54) is 12.8 Å². The zero-order valence-corrected chi connectivity index (χ0v) is 10.1. The molecule has 0 aromatic rings. The SMILES string of the molecule is CCCN(CC(=O)O)C1CC(C(C)C)C1. The van der Waals surface area contributed by atoms with Gasteiger partial charge in [0.2, 0.25) is 0 Å². The van der Waals surface area contributed by atoms with Crippen LogP contribution in [0.4, 0.5) is 0 Å². The molecule has 3 nitrogen and oxygen atoms in total. The van der Waals surface area contributed by atoms with Gasteiger partial charge >= 0.3 is 5.97 Å². The third-order valence-electron chi connectivity index (χ3n) is 3.46. The van der Waals surface area contributed by atoms with E-state index in [2.05, 4.69) is 25.7 Å². The van der Waals surface area contributed by atoms with Gasteiger partial charge in [0.25, 0.3) is 0 Å². The van der Waals surface area contributed by atoms with E-state index in [-0.39, 0.29) is 6.54 Å². The molecular weight excluding hydrogens is 190 g/mol. The van der Waals surface area contributed by atoms with Crippen molar-refractivity contribution in [2.75, 3.05) is 13.1 Å². The van der Waals surface area contributed by atoms with Crippen LogP contribution in [-0.4, -0.2) is 35.1 Å². The lowest BCUT2D eigenvalue weighted by atomic mass is 9.73. The summed E-state index contributed by atoms with van der Waals surface area (Å²) in [5.74, 6) is 0.856. The summed E-state index contributed by atoms with van der Waals surface area (Å²) >= 11 is 0. The second-order valence-electron chi connectivity index (χ2n) is 4.99. The van der Waals surface area contributed by atoms with Gasteiger partial charge in [-0.25, -0.2) is 0 Å². The fraction of sp³-hybridized carbons (Fsp3) is 0.917. The largest absolute Gasteiger partial charge is 0.480 e. The molecule has 0 amide bonds. The van der Waals surface area contributed by atoms with Crippen LogP contribution < -0.4 is 0 Å². The zero-order chi connectivity index (χ0) is 11.4. The van der Waals surface area contributed by atoms with Gasteiger partial charge in [0, 0.05) is 6.04 Å². The van der Waals surface area contributed by atoms with Crippen LogP contribution in [0.2, 0.25) is 0 Å². The molecule has 1 saturated carbocycles. The number of hydrogen-bond donors (Lipinski definition) is 1. The van der Waals surface area contributed by atoms with Gasteiger partial charge in [0.1, 0.15) is 0 Å². The Morgan fingerprint density at radius 1 is 1.47 bits per heavy atom. The number of rotatable bonds is 6. The van der Waals surface area contributed by atoms with Crippen molar-refractivity contribution < 1.29 is 9.90 Å². The molecule has 0 saturated heterocycles. The molecule has 0 spiro atoms. The first-order valence-corrected chi connectivity index (χ1v) is 6.00. The minimum atomic E-state index is -0.698. The Labute approximate surface area is 92.5 Å². The van der Waals surface area contributed by atoms with E-state index >= 15 is 0 Å². The molecule has 3 heteroatoms. The Hall–Kier alpha value is -0.570. The molecule has 88 valence electrons. The fourth-order valence-electron chi connectivity index (χ4n) is 2.32. The summed E-state index contributed by atoms with van der Waals surface area (Å²) in [6.45, 7) is 7.74. The molecule has 0 atom stereocenters. The summed E-state index contributed by atoms with van der Waals surface area (Å²) in [6, 6.07) is 0.522. The van der Waals surface area contributed by atoms with Gasteiger partial charge < -0.3 is 5.11 Å². The number of carboxylic acids is 1. The first-order chi connectivity index (χ1) is 7.04. The highest BCUT2D eigenvalue weighted by atomic mass is 16.4. The van der Waals surface area contributed by atoms with Gasteiger partial charge in [-0.05, 0) is 37.6 Å². The summed E-state index contributed by atoms with van der Waals surface area (Å²) in [6.07, 6.45) is 3.41. The molecule has 1 N–H and O–H groups in total. The van der Waals surface area contributed by atoms with Crippen molar-refractivity contribution in [2.24, 2.45) is 11.8 Å². The minimum Gasteiger partial charge on any atom is -0.480 e. The lowest BCUT2D eigenvalue weighted by Gasteiger charge is -2.44. The van der Waals surface area contributed by atoms with E-state index < -0.39 is 5.97 Å². The Morgan fingerprint density at radius 3 is 2.47 bits per heavy atom. The van der Waals surface area contributed by atoms with Crippen molar-refractivity contribution >= 4 is 5.97 Å². The van der Waals surface area contributed by atoms with Crippen LogP contribution in [0, 0.1) is 11.8 Å². The standard InChI is InChI=1S/C12H23NO2/c1-4-5-13(8-12(14)15)11-6-10(7-11)9(2)3/h9-11H,4-8H2,1-3H3,(H,14,15). The number of carbonyl (C=O) groups is 1. The first-order valence-electron chi connectivity index (χ1n) is 6.00. The molecular formula is C12H23NO2. The quantitative estimate of drug-likeness (QED) is 0.735. The molecule has 0 unspecified atom stereocenters. The van der Waals surface area contributed by atoms with Crippen molar-refractivity contribution in [1.29, 1.82) is 0 Å². The van der Waals surface area contributed by atoms with Crippen LogP contribution in [0.15, 0.2) is 0 Å². The van der Waals surface area contributed by atoms with Gasteiger partial charge in [0.05, 0.1) is 6.54 Å². The van der Waals surface area contributed by atoms with Gasteiger partial charge in [-0.2, -0.15) is 0 Å². The Balaban J connectivity index is 2.36. The van der Waals surface area contributed by atoms with Gasteiger partial charge in [-0.3, -0.25) is 9.69 Å². The Morgan fingerprint density at radius 2 is 2.07 bits per heavy atom. The summed E-state index contributed by atoms with van der Waals surface area (Å²) < 4.78 is 0. The third-order valence-corrected chi connectivity index (χ3v) is 3.46.